The lowest BCUT2D eigenvalue weighted by Gasteiger charge is -2.17. The summed E-state index contributed by atoms with van der Waals surface area (Å²) in [5, 5.41) is 9.42. The smallest absolute Gasteiger partial charge is 0.113 e. The summed E-state index contributed by atoms with van der Waals surface area (Å²) in [5.74, 6) is 0. The fourth-order valence-corrected chi connectivity index (χ4v) is 1.36. The lowest BCUT2D eigenvalue weighted by molar-refractivity contribution is -0.0404. The van der Waals surface area contributed by atoms with E-state index in [0.29, 0.717) is 6.61 Å². The lowest BCUT2D eigenvalue weighted by Crippen LogP contribution is -2.36. The Balaban J connectivity index is 2.52. The molecule has 5 heteroatoms. The van der Waals surface area contributed by atoms with Crippen molar-refractivity contribution in [2.24, 2.45) is 0 Å². The van der Waals surface area contributed by atoms with E-state index in [2.05, 4.69) is 0 Å². The van der Waals surface area contributed by atoms with Gasteiger partial charge in [0.05, 0.1) is 6.61 Å². The first-order valence-electron chi connectivity index (χ1n) is 3.81. The number of rotatable bonds is 3. The number of aliphatic hydroxyl groups is 1. The maximum Gasteiger partial charge on any atom is 0.113 e. The number of hydrogen-bond acceptors (Lipinski definition) is 4. The Hall–Kier alpha value is -0.0951. The van der Waals surface area contributed by atoms with Crippen molar-refractivity contribution in [3.05, 3.63) is 0 Å². The van der Waals surface area contributed by atoms with Crippen molar-refractivity contribution in [1.82, 2.24) is 0 Å². The predicted molar refractivity (Wildman–Crippen MR) is 43.1 cm³/mol. The SMILES string of the molecule is [B][C@H]1O[C@@H](COC)C(OC)[C@H]1O. The Labute approximate surface area is 73.2 Å². The highest BCUT2D eigenvalue weighted by Gasteiger charge is 2.40. The van der Waals surface area contributed by atoms with Gasteiger partial charge in [0.1, 0.15) is 26.2 Å². The van der Waals surface area contributed by atoms with E-state index < -0.39 is 12.1 Å². The summed E-state index contributed by atoms with van der Waals surface area (Å²) in [6, 6.07) is -0.671. The highest BCUT2D eigenvalue weighted by molar-refractivity contribution is 6.11. The topological polar surface area (TPSA) is 47.9 Å². The van der Waals surface area contributed by atoms with Crippen LogP contribution in [0.4, 0.5) is 0 Å². The molecule has 0 aliphatic carbocycles. The van der Waals surface area contributed by atoms with E-state index in [-0.39, 0.29) is 12.2 Å². The molecule has 1 saturated heterocycles. The molecular formula is C7H13BO4. The second-order valence-corrected chi connectivity index (χ2v) is 2.79. The van der Waals surface area contributed by atoms with Gasteiger partial charge in [-0.05, 0) is 0 Å². The summed E-state index contributed by atoms with van der Waals surface area (Å²) in [5.41, 5.74) is 0. The summed E-state index contributed by atoms with van der Waals surface area (Å²) in [6.07, 6.45) is -1.43. The molecule has 4 atom stereocenters. The monoisotopic (exact) mass is 172 g/mol. The van der Waals surface area contributed by atoms with Crippen LogP contribution in [0, 0.1) is 0 Å². The van der Waals surface area contributed by atoms with Crippen LogP contribution in [0.5, 0.6) is 0 Å². The van der Waals surface area contributed by atoms with Gasteiger partial charge in [-0.2, -0.15) is 0 Å². The van der Waals surface area contributed by atoms with E-state index in [1.54, 1.807) is 7.11 Å². The molecular weight excluding hydrogens is 159 g/mol. The van der Waals surface area contributed by atoms with Gasteiger partial charge in [-0.15, -0.1) is 0 Å². The van der Waals surface area contributed by atoms with Crippen molar-refractivity contribution in [3.63, 3.8) is 0 Å². The molecule has 0 saturated carbocycles. The first-order chi connectivity index (χ1) is 5.70. The van der Waals surface area contributed by atoms with Crippen LogP contribution in [0.3, 0.4) is 0 Å². The number of ether oxygens (including phenoxy) is 3. The molecule has 12 heavy (non-hydrogen) atoms. The van der Waals surface area contributed by atoms with Crippen LogP contribution in [0.1, 0.15) is 0 Å². The quantitative estimate of drug-likeness (QED) is 0.549. The average molecular weight is 172 g/mol. The summed E-state index contributed by atoms with van der Waals surface area (Å²) in [7, 11) is 8.53. The molecule has 1 N–H and O–H groups in total. The van der Waals surface area contributed by atoms with Crippen molar-refractivity contribution in [1.29, 1.82) is 0 Å². The van der Waals surface area contributed by atoms with Gasteiger partial charge in [-0.25, -0.2) is 0 Å². The molecule has 1 fully saturated rings. The molecule has 2 radical (unpaired) electrons. The molecule has 1 aliphatic heterocycles. The molecule has 1 unspecified atom stereocenters. The molecule has 0 spiro atoms. The average Bonchev–Trinajstić information content (AvgIpc) is 2.29. The number of hydrogen-bond donors (Lipinski definition) is 1. The van der Waals surface area contributed by atoms with E-state index in [1.807, 2.05) is 0 Å². The van der Waals surface area contributed by atoms with Crippen molar-refractivity contribution in [2.75, 3.05) is 20.8 Å². The third kappa shape index (κ3) is 1.80. The highest BCUT2D eigenvalue weighted by atomic mass is 16.6. The fourth-order valence-electron chi connectivity index (χ4n) is 1.36. The molecule has 68 valence electrons. The molecule has 0 aromatic carbocycles. The number of methoxy groups -OCH3 is 2. The fraction of sp³-hybridized carbons (Fsp3) is 1.00. The predicted octanol–water partition coefficient (Wildman–Crippen LogP) is -1.10. The van der Waals surface area contributed by atoms with Gasteiger partial charge in [-0.1, -0.05) is 0 Å². The van der Waals surface area contributed by atoms with Gasteiger partial charge in [0.25, 0.3) is 0 Å². The largest absolute Gasteiger partial charge is 0.388 e. The van der Waals surface area contributed by atoms with Gasteiger partial charge in [0, 0.05) is 20.2 Å². The minimum Gasteiger partial charge on any atom is -0.388 e. The zero-order valence-corrected chi connectivity index (χ0v) is 7.27. The van der Waals surface area contributed by atoms with Crippen LogP contribution in [0.25, 0.3) is 0 Å². The summed E-state index contributed by atoms with van der Waals surface area (Å²) >= 11 is 0. The van der Waals surface area contributed by atoms with E-state index in [9.17, 15) is 5.11 Å². The zero-order chi connectivity index (χ0) is 9.14. The van der Waals surface area contributed by atoms with Crippen LogP contribution in [-0.2, 0) is 14.2 Å². The van der Waals surface area contributed by atoms with Crippen molar-refractivity contribution < 1.29 is 19.3 Å². The van der Waals surface area contributed by atoms with Crippen LogP contribution in [0.2, 0.25) is 0 Å². The molecule has 0 aromatic heterocycles. The van der Waals surface area contributed by atoms with Crippen LogP contribution >= 0.6 is 0 Å². The van der Waals surface area contributed by atoms with Crippen LogP contribution < -0.4 is 0 Å². The Morgan fingerprint density at radius 1 is 1.50 bits per heavy atom. The standard InChI is InChI=1S/C7H13BO4/c1-10-3-4-6(11-2)5(9)7(8)12-4/h4-7,9H,3H2,1-2H3/t4-,5+,6?,7-/m0/s1. The molecule has 0 amide bonds. The van der Waals surface area contributed by atoms with Crippen molar-refractivity contribution >= 4 is 7.85 Å². The maximum atomic E-state index is 9.42. The highest BCUT2D eigenvalue weighted by Crippen LogP contribution is 2.21. The second kappa shape index (κ2) is 4.23. The third-order valence-electron chi connectivity index (χ3n) is 1.97. The lowest BCUT2D eigenvalue weighted by atomic mass is 9.93. The zero-order valence-electron chi connectivity index (χ0n) is 7.27. The minimum atomic E-state index is -0.768. The van der Waals surface area contributed by atoms with Gasteiger partial charge in [0.2, 0.25) is 0 Å². The molecule has 1 rings (SSSR count). The van der Waals surface area contributed by atoms with E-state index in [0.717, 1.165) is 0 Å². The molecule has 0 bridgehead atoms. The number of aliphatic hydroxyl groups excluding tert-OH is 1. The van der Waals surface area contributed by atoms with E-state index in [1.165, 1.54) is 7.11 Å². The Kier molecular flexibility index (Phi) is 3.52. The Morgan fingerprint density at radius 3 is 2.67 bits per heavy atom. The van der Waals surface area contributed by atoms with Gasteiger partial charge >= 0.3 is 0 Å². The third-order valence-corrected chi connectivity index (χ3v) is 1.97. The molecule has 1 heterocycles. The van der Waals surface area contributed by atoms with Crippen LogP contribution in [0.15, 0.2) is 0 Å². The van der Waals surface area contributed by atoms with Crippen molar-refractivity contribution in [3.8, 4) is 0 Å². The van der Waals surface area contributed by atoms with Gasteiger partial charge < -0.3 is 19.3 Å². The molecule has 0 aromatic rings. The molecule has 4 nitrogen and oxygen atoms in total. The normalized spacial score (nSPS) is 41.9. The minimum absolute atomic E-state index is 0.273. The van der Waals surface area contributed by atoms with Crippen LogP contribution in [-0.4, -0.2) is 58.1 Å². The second-order valence-electron chi connectivity index (χ2n) is 2.79. The van der Waals surface area contributed by atoms with Crippen molar-refractivity contribution in [2.45, 2.75) is 24.3 Å². The summed E-state index contributed by atoms with van der Waals surface area (Å²) < 4.78 is 15.1. The van der Waals surface area contributed by atoms with E-state index >= 15 is 0 Å². The summed E-state index contributed by atoms with van der Waals surface area (Å²) in [6.45, 7) is 0.378. The first kappa shape index (κ1) is 9.99. The van der Waals surface area contributed by atoms with E-state index in [4.69, 9.17) is 22.1 Å². The van der Waals surface area contributed by atoms with Gasteiger partial charge in [0.15, 0.2) is 0 Å². The molecule has 1 aliphatic rings. The first-order valence-corrected chi connectivity index (χ1v) is 3.81. The van der Waals surface area contributed by atoms with Gasteiger partial charge in [-0.3, -0.25) is 0 Å². The Bertz CT molecular complexity index is 143. The maximum absolute atomic E-state index is 9.42. The summed E-state index contributed by atoms with van der Waals surface area (Å²) in [4.78, 5) is 0. The Morgan fingerprint density at radius 2 is 2.17 bits per heavy atom.